The smallest absolute Gasteiger partial charge is 0.253 e. The number of aliphatic hydroxyl groups excluding tert-OH is 1. The second-order valence-corrected chi connectivity index (χ2v) is 8.95. The fraction of sp³-hybridized carbons (Fsp3) is 0.269. The van der Waals surface area contributed by atoms with Crippen LogP contribution < -0.4 is 10.6 Å². The number of hydrogen-bond donors (Lipinski definition) is 4. The van der Waals surface area contributed by atoms with Gasteiger partial charge < -0.3 is 25.7 Å². The van der Waals surface area contributed by atoms with E-state index in [9.17, 15) is 24.2 Å². The summed E-state index contributed by atoms with van der Waals surface area (Å²) < 4.78 is 14.5. The van der Waals surface area contributed by atoms with Gasteiger partial charge in [-0.3, -0.25) is 9.59 Å². The number of carbonyl (C=O) groups excluding carboxylic acids is 2. The first-order chi connectivity index (χ1) is 16.8. The summed E-state index contributed by atoms with van der Waals surface area (Å²) in [5, 5.41) is 25.8. The quantitative estimate of drug-likeness (QED) is 0.451. The topological polar surface area (TPSA) is 115 Å². The Bertz CT molecular complexity index is 1340. The van der Waals surface area contributed by atoms with Crippen molar-refractivity contribution in [2.24, 2.45) is 0 Å². The Morgan fingerprint density at radius 1 is 1.17 bits per heavy atom. The average Bonchev–Trinajstić information content (AvgIpc) is 2.98. The van der Waals surface area contributed by atoms with Crippen LogP contribution in [0.2, 0.25) is 0 Å². The number of piperidine rings is 1. The van der Waals surface area contributed by atoms with Crippen molar-refractivity contribution in [1.82, 2.24) is 9.88 Å². The number of anilines is 4. The number of halogens is 1. The molecule has 2 aliphatic heterocycles. The fourth-order valence-corrected chi connectivity index (χ4v) is 4.48. The van der Waals surface area contributed by atoms with Gasteiger partial charge in [-0.2, -0.15) is 0 Å². The third kappa shape index (κ3) is 4.42. The maximum Gasteiger partial charge on any atom is 0.253 e. The van der Waals surface area contributed by atoms with Gasteiger partial charge in [-0.25, -0.2) is 9.37 Å². The second-order valence-electron chi connectivity index (χ2n) is 8.95. The molecule has 35 heavy (non-hydrogen) atoms. The highest BCUT2D eigenvalue weighted by molar-refractivity contribution is 6.09. The molecule has 9 heteroatoms. The summed E-state index contributed by atoms with van der Waals surface area (Å²) in [6.45, 7) is 2.58. The van der Waals surface area contributed by atoms with E-state index in [0.29, 0.717) is 59.8 Å². The van der Waals surface area contributed by atoms with E-state index in [-0.39, 0.29) is 41.2 Å². The predicted octanol–water partition coefficient (Wildman–Crippen LogP) is 4.06. The number of amides is 1. The number of pyridine rings is 1. The minimum Gasteiger partial charge on any atom is -0.508 e. The van der Waals surface area contributed by atoms with Gasteiger partial charge in [0, 0.05) is 43.0 Å². The highest BCUT2D eigenvalue weighted by Crippen LogP contribution is 2.35. The lowest BCUT2D eigenvalue weighted by Crippen LogP contribution is -2.40. The zero-order chi connectivity index (χ0) is 24.7. The number of Topliss-reactive ketones (excluding diaryl/α,β-unsaturated/α-hetero) is 1. The summed E-state index contributed by atoms with van der Waals surface area (Å²) in [6, 6.07) is 9.24. The number of phenols is 1. The molecule has 3 heterocycles. The number of aromatic nitrogens is 1. The van der Waals surface area contributed by atoms with E-state index in [4.69, 9.17) is 0 Å². The van der Waals surface area contributed by atoms with E-state index in [2.05, 4.69) is 15.6 Å². The minimum absolute atomic E-state index is 0.0250. The molecule has 1 fully saturated rings. The SMILES string of the molecule is Cc1cc(F)c(Nc2ccnc3c2C(=O)Cc2cc(C(=O)N4CCC(O)CC4)ccc2N3)cc1O. The molecular formula is C26H25FN4O4. The number of nitrogens with one attached hydrogen (secondary N) is 2. The highest BCUT2D eigenvalue weighted by atomic mass is 19.1. The Morgan fingerprint density at radius 2 is 1.94 bits per heavy atom. The number of hydrogen-bond acceptors (Lipinski definition) is 7. The van der Waals surface area contributed by atoms with E-state index >= 15 is 0 Å². The zero-order valence-electron chi connectivity index (χ0n) is 19.1. The third-order valence-electron chi connectivity index (χ3n) is 6.49. The van der Waals surface area contributed by atoms with Gasteiger partial charge in [-0.15, -0.1) is 0 Å². The van der Waals surface area contributed by atoms with Crippen molar-refractivity contribution in [2.45, 2.75) is 32.3 Å². The molecule has 0 aliphatic carbocycles. The Kier molecular flexibility index (Phi) is 5.86. The van der Waals surface area contributed by atoms with Crippen LogP contribution in [0.4, 0.5) is 27.3 Å². The van der Waals surface area contributed by atoms with Gasteiger partial charge in [-0.05, 0) is 61.2 Å². The van der Waals surface area contributed by atoms with Gasteiger partial charge in [0.05, 0.1) is 23.0 Å². The number of nitrogens with zero attached hydrogens (tertiary/aromatic N) is 2. The van der Waals surface area contributed by atoms with Crippen LogP contribution in [-0.2, 0) is 6.42 Å². The van der Waals surface area contributed by atoms with E-state index < -0.39 is 5.82 Å². The molecule has 0 unspecified atom stereocenters. The van der Waals surface area contributed by atoms with Crippen molar-refractivity contribution < 1.29 is 24.2 Å². The normalized spacial score (nSPS) is 15.6. The molecule has 4 N–H and O–H groups in total. The first-order valence-corrected chi connectivity index (χ1v) is 11.5. The molecule has 1 aromatic heterocycles. The summed E-state index contributed by atoms with van der Waals surface area (Å²) in [6.07, 6.45) is 2.25. The number of aryl methyl sites for hydroxylation is 1. The number of likely N-dealkylation sites (tertiary alicyclic amines) is 1. The van der Waals surface area contributed by atoms with E-state index in [1.165, 1.54) is 18.3 Å². The van der Waals surface area contributed by atoms with Crippen molar-refractivity contribution in [3.05, 3.63) is 70.7 Å². The molecule has 0 radical (unpaired) electrons. The lowest BCUT2D eigenvalue weighted by molar-refractivity contribution is 0.0546. The van der Waals surface area contributed by atoms with Gasteiger partial charge in [0.1, 0.15) is 17.4 Å². The van der Waals surface area contributed by atoms with Crippen LogP contribution in [0.3, 0.4) is 0 Å². The number of ketones is 1. The van der Waals surface area contributed by atoms with Crippen LogP contribution in [0, 0.1) is 12.7 Å². The van der Waals surface area contributed by atoms with Crippen molar-refractivity contribution in [1.29, 1.82) is 0 Å². The predicted molar refractivity (Wildman–Crippen MR) is 129 cm³/mol. The third-order valence-corrected chi connectivity index (χ3v) is 6.49. The maximum absolute atomic E-state index is 14.5. The monoisotopic (exact) mass is 476 g/mol. The molecule has 0 spiro atoms. The van der Waals surface area contributed by atoms with Gasteiger partial charge in [0.15, 0.2) is 5.78 Å². The molecule has 0 bridgehead atoms. The van der Waals surface area contributed by atoms with Crippen LogP contribution in [-0.4, -0.2) is 51.0 Å². The molecule has 180 valence electrons. The zero-order valence-corrected chi connectivity index (χ0v) is 19.1. The lowest BCUT2D eigenvalue weighted by atomic mass is 10.00. The molecule has 1 amide bonds. The molecule has 5 rings (SSSR count). The molecule has 0 atom stereocenters. The summed E-state index contributed by atoms with van der Waals surface area (Å²) in [5.41, 5.74) is 2.85. The van der Waals surface area contributed by atoms with Crippen LogP contribution in [0.1, 0.15) is 44.7 Å². The average molecular weight is 477 g/mol. The minimum atomic E-state index is -0.559. The Morgan fingerprint density at radius 3 is 2.71 bits per heavy atom. The first-order valence-electron chi connectivity index (χ1n) is 11.5. The van der Waals surface area contributed by atoms with E-state index in [0.717, 1.165) is 0 Å². The highest BCUT2D eigenvalue weighted by Gasteiger charge is 2.27. The summed E-state index contributed by atoms with van der Waals surface area (Å²) >= 11 is 0. The first kappa shape index (κ1) is 22.8. The molecule has 3 aromatic rings. The summed E-state index contributed by atoms with van der Waals surface area (Å²) in [7, 11) is 0. The molecule has 2 aromatic carbocycles. The standard InChI is InChI=1S/C26H25FN4O4/c1-14-10-18(27)21(13-22(14)33)29-20-4-7-28-25-24(20)23(34)12-16-11-15(2-3-19(16)30-25)26(35)31-8-5-17(32)6-9-31/h2-4,7,10-11,13,17,32-33H,5-6,8-9,12H2,1H3,(H2,28,29,30). The summed E-state index contributed by atoms with van der Waals surface area (Å²) in [5.74, 6) is -0.684. The number of carbonyl (C=O) groups is 2. The largest absolute Gasteiger partial charge is 0.508 e. The lowest BCUT2D eigenvalue weighted by Gasteiger charge is -2.29. The molecule has 0 saturated carbocycles. The Labute approximate surface area is 201 Å². The number of aromatic hydroxyl groups is 1. The fourth-order valence-electron chi connectivity index (χ4n) is 4.48. The van der Waals surface area contributed by atoms with Gasteiger partial charge in [0.2, 0.25) is 0 Å². The number of fused-ring (bicyclic) bond motifs is 2. The van der Waals surface area contributed by atoms with Crippen molar-refractivity contribution in [2.75, 3.05) is 23.7 Å². The van der Waals surface area contributed by atoms with E-state index in [1.807, 2.05) is 0 Å². The number of phenolic OH excluding ortho intramolecular Hbond substituents is 1. The molecule has 2 aliphatic rings. The van der Waals surface area contributed by atoms with Crippen LogP contribution >= 0.6 is 0 Å². The summed E-state index contributed by atoms with van der Waals surface area (Å²) in [4.78, 5) is 32.3. The van der Waals surface area contributed by atoms with Gasteiger partial charge in [0.25, 0.3) is 5.91 Å². The van der Waals surface area contributed by atoms with Crippen LogP contribution in [0.25, 0.3) is 0 Å². The van der Waals surface area contributed by atoms with Gasteiger partial charge >= 0.3 is 0 Å². The number of benzene rings is 2. The number of aliphatic hydroxyl groups is 1. The van der Waals surface area contributed by atoms with Crippen LogP contribution in [0.5, 0.6) is 5.75 Å². The van der Waals surface area contributed by atoms with Crippen molar-refractivity contribution in [3.8, 4) is 5.75 Å². The Hall–Kier alpha value is -3.98. The Balaban J connectivity index is 1.44. The van der Waals surface area contributed by atoms with Crippen molar-refractivity contribution >= 4 is 34.6 Å². The van der Waals surface area contributed by atoms with E-state index in [1.54, 1.807) is 36.1 Å². The van der Waals surface area contributed by atoms with Crippen molar-refractivity contribution in [3.63, 3.8) is 0 Å². The number of rotatable bonds is 3. The molecular weight excluding hydrogens is 451 g/mol. The molecule has 1 saturated heterocycles. The molecule has 8 nitrogen and oxygen atoms in total. The van der Waals surface area contributed by atoms with Gasteiger partial charge in [-0.1, -0.05) is 0 Å². The van der Waals surface area contributed by atoms with Crippen LogP contribution in [0.15, 0.2) is 42.6 Å². The second kappa shape index (κ2) is 8.99. The maximum atomic E-state index is 14.5.